The molecule has 162 valence electrons. The molecular formula is C22H18N4O4S2. The first-order valence-corrected chi connectivity index (χ1v) is 10.8. The Bertz CT molecular complexity index is 1320. The summed E-state index contributed by atoms with van der Waals surface area (Å²) in [7, 11) is 1.58. The van der Waals surface area contributed by atoms with Crippen LogP contribution in [0.15, 0.2) is 55.3 Å². The summed E-state index contributed by atoms with van der Waals surface area (Å²) < 4.78 is 12.5. The van der Waals surface area contributed by atoms with Crippen molar-refractivity contribution in [3.05, 3.63) is 80.3 Å². The molecule has 0 aromatic carbocycles. The summed E-state index contributed by atoms with van der Waals surface area (Å²) in [6.45, 7) is 2.24. The van der Waals surface area contributed by atoms with Crippen LogP contribution in [0.2, 0.25) is 0 Å². The zero-order valence-corrected chi connectivity index (χ0v) is 18.9. The normalized spacial score (nSPS) is 14.9. The smallest absolute Gasteiger partial charge is 0.270 e. The molecule has 4 heterocycles. The summed E-state index contributed by atoms with van der Waals surface area (Å²) in [5.41, 5.74) is 0.644. The minimum absolute atomic E-state index is 0.0216. The molecule has 0 atom stereocenters. The second-order valence-corrected chi connectivity index (χ2v) is 8.69. The average molecular weight is 467 g/mol. The largest absolute Gasteiger partial charge is 0.467 e. The van der Waals surface area contributed by atoms with Crippen LogP contribution in [0.25, 0.3) is 6.08 Å². The van der Waals surface area contributed by atoms with Crippen molar-refractivity contribution < 1.29 is 13.6 Å². The molecule has 3 aromatic heterocycles. The van der Waals surface area contributed by atoms with Crippen LogP contribution in [0, 0.1) is 18.3 Å². The molecule has 0 saturated carbocycles. The highest BCUT2D eigenvalue weighted by Gasteiger charge is 2.33. The molecule has 0 aliphatic carbocycles. The van der Waals surface area contributed by atoms with Gasteiger partial charge in [0.05, 0.1) is 30.5 Å². The fourth-order valence-corrected chi connectivity index (χ4v) is 4.59. The monoisotopic (exact) mass is 466 g/mol. The third kappa shape index (κ3) is 4.00. The summed E-state index contributed by atoms with van der Waals surface area (Å²) in [6.07, 6.45) is 4.77. The molecule has 1 saturated heterocycles. The number of thioether (sulfide) groups is 1. The Labute approximate surface area is 193 Å². The third-order valence-electron chi connectivity index (χ3n) is 5.05. The number of nitriles is 1. The van der Waals surface area contributed by atoms with Gasteiger partial charge in [-0.1, -0.05) is 24.0 Å². The van der Waals surface area contributed by atoms with Gasteiger partial charge in [0, 0.05) is 12.6 Å². The number of furan rings is 2. The highest BCUT2D eigenvalue weighted by molar-refractivity contribution is 8.26. The maximum absolute atomic E-state index is 13.1. The van der Waals surface area contributed by atoms with Gasteiger partial charge in [-0.2, -0.15) is 5.26 Å². The van der Waals surface area contributed by atoms with Gasteiger partial charge in [-0.15, -0.1) is 0 Å². The number of thiocarbonyl (C=S) groups is 1. The molecule has 8 nitrogen and oxygen atoms in total. The van der Waals surface area contributed by atoms with Gasteiger partial charge in [0.1, 0.15) is 33.3 Å². The van der Waals surface area contributed by atoms with Gasteiger partial charge in [-0.25, -0.2) is 0 Å². The summed E-state index contributed by atoms with van der Waals surface area (Å²) >= 11 is 6.57. The summed E-state index contributed by atoms with van der Waals surface area (Å²) in [4.78, 5) is 27.6. The number of hydrogen-bond acceptors (Lipinski definition) is 8. The molecule has 1 aliphatic rings. The van der Waals surface area contributed by atoms with Gasteiger partial charge in [-0.3, -0.25) is 19.1 Å². The van der Waals surface area contributed by atoms with Gasteiger partial charge in [0.15, 0.2) is 0 Å². The predicted molar refractivity (Wildman–Crippen MR) is 125 cm³/mol. The van der Waals surface area contributed by atoms with Crippen LogP contribution in [0.1, 0.15) is 28.2 Å². The molecule has 1 amide bonds. The molecule has 0 bridgehead atoms. The molecule has 1 aliphatic heterocycles. The number of amides is 1. The number of pyridine rings is 1. The van der Waals surface area contributed by atoms with Gasteiger partial charge in [0.2, 0.25) is 0 Å². The highest BCUT2D eigenvalue weighted by Crippen LogP contribution is 2.35. The lowest BCUT2D eigenvalue weighted by molar-refractivity contribution is -0.122. The molecule has 32 heavy (non-hydrogen) atoms. The molecule has 1 N–H and O–H groups in total. The van der Waals surface area contributed by atoms with Gasteiger partial charge >= 0.3 is 0 Å². The van der Waals surface area contributed by atoms with Crippen LogP contribution in [-0.2, 0) is 24.9 Å². The fraction of sp³-hybridized carbons (Fsp3) is 0.182. The molecule has 3 aromatic rings. The number of carbonyl (C=O) groups excluding carboxylic acids is 1. The minimum atomic E-state index is -0.422. The van der Waals surface area contributed by atoms with Crippen molar-refractivity contribution in [1.29, 1.82) is 5.26 Å². The Morgan fingerprint density at radius 3 is 2.53 bits per heavy atom. The van der Waals surface area contributed by atoms with Crippen molar-refractivity contribution in [2.45, 2.75) is 20.0 Å². The third-order valence-corrected chi connectivity index (χ3v) is 6.43. The van der Waals surface area contributed by atoms with Crippen molar-refractivity contribution in [1.82, 2.24) is 9.47 Å². The molecule has 4 rings (SSSR count). The van der Waals surface area contributed by atoms with E-state index < -0.39 is 5.56 Å². The van der Waals surface area contributed by atoms with Crippen LogP contribution in [0.3, 0.4) is 0 Å². The highest BCUT2D eigenvalue weighted by atomic mass is 32.2. The Kier molecular flexibility index (Phi) is 6.03. The predicted octanol–water partition coefficient (Wildman–Crippen LogP) is 3.76. The quantitative estimate of drug-likeness (QED) is 0.433. The summed E-state index contributed by atoms with van der Waals surface area (Å²) in [6, 6.07) is 9.07. The van der Waals surface area contributed by atoms with E-state index in [2.05, 4.69) is 5.32 Å². The number of aromatic nitrogens is 1. The second kappa shape index (κ2) is 8.90. The number of nitrogens with one attached hydrogen (secondary N) is 1. The van der Waals surface area contributed by atoms with Crippen LogP contribution >= 0.6 is 24.0 Å². The van der Waals surface area contributed by atoms with E-state index in [0.29, 0.717) is 44.2 Å². The van der Waals surface area contributed by atoms with Gasteiger partial charge < -0.3 is 14.2 Å². The van der Waals surface area contributed by atoms with E-state index in [1.807, 2.05) is 6.07 Å². The van der Waals surface area contributed by atoms with Crippen molar-refractivity contribution in [2.75, 3.05) is 5.32 Å². The Morgan fingerprint density at radius 2 is 1.91 bits per heavy atom. The first-order valence-electron chi connectivity index (χ1n) is 9.58. The molecule has 1 fully saturated rings. The first-order chi connectivity index (χ1) is 15.4. The van der Waals surface area contributed by atoms with E-state index in [1.165, 1.54) is 27.5 Å². The number of hydrogen-bond donors (Lipinski definition) is 1. The SMILES string of the molecule is Cc1c(/C=C2\SC(=S)N(Cc3ccco3)C2=O)c(NCc2ccco2)n(C)c(=O)c1C#N. The maximum atomic E-state index is 13.1. The van der Waals surface area contributed by atoms with E-state index >= 15 is 0 Å². The van der Waals surface area contributed by atoms with E-state index in [1.54, 1.807) is 50.6 Å². The molecule has 0 radical (unpaired) electrons. The van der Waals surface area contributed by atoms with Crippen LogP contribution in [-0.4, -0.2) is 19.7 Å². The number of carbonyl (C=O) groups is 1. The van der Waals surface area contributed by atoms with E-state index in [-0.39, 0.29) is 18.0 Å². The fourth-order valence-electron chi connectivity index (χ4n) is 3.35. The van der Waals surface area contributed by atoms with E-state index in [0.717, 1.165) is 0 Å². The zero-order chi connectivity index (χ0) is 22.8. The second-order valence-electron chi connectivity index (χ2n) is 7.02. The van der Waals surface area contributed by atoms with Crippen molar-refractivity contribution in [2.24, 2.45) is 7.05 Å². The lowest BCUT2D eigenvalue weighted by Crippen LogP contribution is -2.27. The van der Waals surface area contributed by atoms with Gasteiger partial charge in [0.25, 0.3) is 11.5 Å². The summed E-state index contributed by atoms with van der Waals surface area (Å²) in [5.74, 6) is 1.50. The van der Waals surface area contributed by atoms with Crippen molar-refractivity contribution in [3.63, 3.8) is 0 Å². The topological polar surface area (TPSA) is 104 Å². The molecule has 10 heteroatoms. The zero-order valence-electron chi connectivity index (χ0n) is 17.2. The molecule has 0 spiro atoms. The van der Waals surface area contributed by atoms with Crippen LogP contribution in [0.4, 0.5) is 5.82 Å². The van der Waals surface area contributed by atoms with E-state index in [4.69, 9.17) is 21.1 Å². The minimum Gasteiger partial charge on any atom is -0.467 e. The van der Waals surface area contributed by atoms with Crippen molar-refractivity contribution >= 4 is 46.1 Å². The molecular weight excluding hydrogens is 448 g/mol. The van der Waals surface area contributed by atoms with E-state index in [9.17, 15) is 14.9 Å². The lowest BCUT2D eigenvalue weighted by Gasteiger charge is -2.17. The summed E-state index contributed by atoms with van der Waals surface area (Å²) in [5, 5.41) is 12.7. The number of nitrogens with zero attached hydrogens (tertiary/aromatic N) is 3. The number of anilines is 1. The lowest BCUT2D eigenvalue weighted by atomic mass is 10.0. The Balaban J connectivity index is 1.74. The number of rotatable bonds is 6. The first kappa shape index (κ1) is 21.7. The van der Waals surface area contributed by atoms with Crippen LogP contribution in [0.5, 0.6) is 0 Å². The molecule has 0 unspecified atom stereocenters. The Hall–Kier alpha value is -3.55. The Morgan fingerprint density at radius 1 is 1.22 bits per heavy atom. The maximum Gasteiger partial charge on any atom is 0.270 e. The van der Waals surface area contributed by atoms with Crippen molar-refractivity contribution in [3.8, 4) is 6.07 Å². The average Bonchev–Trinajstić information content (AvgIpc) is 3.52. The van der Waals surface area contributed by atoms with Crippen LogP contribution < -0.4 is 10.9 Å². The standard InChI is InChI=1S/C22H18N4O4S2/c1-13-16(9-18-21(28)26(22(31)32-18)12-15-6-4-8-30-15)19(24-11-14-5-3-7-29-14)25(2)20(27)17(13)10-23/h3-9,24H,11-12H2,1-2H3/b18-9-. The van der Waals surface area contributed by atoms with Gasteiger partial charge in [-0.05, 0) is 42.8 Å².